The summed E-state index contributed by atoms with van der Waals surface area (Å²) in [6, 6.07) is 13.6. The van der Waals surface area contributed by atoms with Gasteiger partial charge in [-0.25, -0.2) is 9.48 Å². The van der Waals surface area contributed by atoms with Gasteiger partial charge in [-0.3, -0.25) is 4.79 Å². The molecule has 0 radical (unpaired) electrons. The maximum atomic E-state index is 12.5. The zero-order valence-electron chi connectivity index (χ0n) is 14.1. The molecule has 0 aliphatic rings. The Bertz CT molecular complexity index is 984. The lowest BCUT2D eigenvalue weighted by molar-refractivity contribution is 0.0600. The van der Waals surface area contributed by atoms with Crippen LogP contribution in [0.1, 0.15) is 26.5 Å². The average molecular weight is 371 g/mol. The maximum Gasteiger partial charge on any atom is 0.337 e. The van der Waals surface area contributed by atoms with E-state index in [9.17, 15) is 9.59 Å². The summed E-state index contributed by atoms with van der Waals surface area (Å²) in [7, 11) is 1.30. The van der Waals surface area contributed by atoms with E-state index in [1.165, 1.54) is 17.9 Å². The fourth-order valence-corrected chi connectivity index (χ4v) is 2.64. The van der Waals surface area contributed by atoms with E-state index in [4.69, 9.17) is 11.6 Å². The fourth-order valence-electron chi connectivity index (χ4n) is 2.42. The van der Waals surface area contributed by atoms with Gasteiger partial charge < -0.3 is 10.1 Å². The molecule has 0 saturated carbocycles. The number of nitrogens with one attached hydrogen (secondary N) is 1. The molecule has 0 fully saturated rings. The van der Waals surface area contributed by atoms with Gasteiger partial charge in [0.25, 0.3) is 5.91 Å². The minimum absolute atomic E-state index is 0.161. The van der Waals surface area contributed by atoms with Gasteiger partial charge in [-0.1, -0.05) is 35.0 Å². The first-order chi connectivity index (χ1) is 12.5. The number of benzene rings is 2. The average Bonchev–Trinajstić information content (AvgIpc) is 3.03. The summed E-state index contributed by atoms with van der Waals surface area (Å²) in [4.78, 5) is 24.1. The number of esters is 1. The Balaban J connectivity index is 1.86. The molecule has 132 valence electrons. The van der Waals surface area contributed by atoms with E-state index in [0.29, 0.717) is 27.7 Å². The van der Waals surface area contributed by atoms with Crippen LogP contribution in [0, 0.1) is 6.92 Å². The van der Waals surface area contributed by atoms with Gasteiger partial charge in [-0.2, -0.15) is 0 Å². The van der Waals surface area contributed by atoms with Gasteiger partial charge in [-0.15, -0.1) is 5.10 Å². The quantitative estimate of drug-likeness (QED) is 0.712. The third-order valence-corrected chi connectivity index (χ3v) is 4.05. The first-order valence-electron chi connectivity index (χ1n) is 7.68. The number of carbonyl (C=O) groups excluding carboxylic acids is 2. The number of hydrogen-bond acceptors (Lipinski definition) is 5. The van der Waals surface area contributed by atoms with Crippen molar-refractivity contribution in [3.05, 3.63) is 70.5 Å². The number of rotatable bonds is 4. The van der Waals surface area contributed by atoms with Gasteiger partial charge in [-0.05, 0) is 37.3 Å². The number of aromatic nitrogens is 3. The number of nitrogens with zero attached hydrogens (tertiary/aromatic N) is 3. The lowest BCUT2D eigenvalue weighted by Crippen LogP contribution is -2.14. The topological polar surface area (TPSA) is 86.1 Å². The molecular formula is C18H15ClN4O3. The molecule has 0 aliphatic heterocycles. The highest BCUT2D eigenvalue weighted by Crippen LogP contribution is 2.21. The summed E-state index contributed by atoms with van der Waals surface area (Å²) < 4.78 is 6.18. The van der Waals surface area contributed by atoms with Crippen molar-refractivity contribution < 1.29 is 14.3 Å². The predicted molar refractivity (Wildman–Crippen MR) is 96.8 cm³/mol. The van der Waals surface area contributed by atoms with Crippen LogP contribution in [0.2, 0.25) is 5.02 Å². The Labute approximate surface area is 154 Å². The molecule has 0 bridgehead atoms. The standard InChI is InChI=1S/C18H15ClN4O3/c1-11-16(21-22-23(11)15-9-4-3-8-14(15)19)17(24)20-13-7-5-6-12(10-13)18(25)26-2/h3-10H,1-2H3,(H,20,24). The Hall–Kier alpha value is -3.19. The molecule has 7 nitrogen and oxygen atoms in total. The van der Waals surface area contributed by atoms with Crippen LogP contribution in [0.5, 0.6) is 0 Å². The first-order valence-corrected chi connectivity index (χ1v) is 8.06. The van der Waals surface area contributed by atoms with Gasteiger partial charge in [0, 0.05) is 5.69 Å². The Morgan fingerprint density at radius 1 is 1.15 bits per heavy atom. The summed E-state index contributed by atoms with van der Waals surface area (Å²) in [5.41, 5.74) is 2.12. The van der Waals surface area contributed by atoms with Crippen molar-refractivity contribution in [2.45, 2.75) is 6.92 Å². The monoisotopic (exact) mass is 370 g/mol. The van der Waals surface area contributed by atoms with Crippen LogP contribution in [0.15, 0.2) is 48.5 Å². The number of amides is 1. The van der Waals surface area contributed by atoms with E-state index in [1.54, 1.807) is 43.3 Å². The molecule has 1 heterocycles. The van der Waals surface area contributed by atoms with Crippen LogP contribution < -0.4 is 5.32 Å². The van der Waals surface area contributed by atoms with Crippen LogP contribution in [0.25, 0.3) is 5.69 Å². The van der Waals surface area contributed by atoms with E-state index >= 15 is 0 Å². The van der Waals surface area contributed by atoms with Crippen molar-refractivity contribution in [3.63, 3.8) is 0 Å². The molecule has 1 N–H and O–H groups in total. The number of para-hydroxylation sites is 1. The third-order valence-electron chi connectivity index (χ3n) is 3.73. The van der Waals surface area contributed by atoms with Crippen LogP contribution in [0.4, 0.5) is 5.69 Å². The van der Waals surface area contributed by atoms with Gasteiger partial charge in [0.05, 0.1) is 29.1 Å². The Morgan fingerprint density at radius 3 is 2.65 bits per heavy atom. The van der Waals surface area contributed by atoms with E-state index in [0.717, 1.165) is 0 Å². The number of methoxy groups -OCH3 is 1. The van der Waals surface area contributed by atoms with Crippen LogP contribution in [-0.2, 0) is 4.74 Å². The van der Waals surface area contributed by atoms with Gasteiger partial charge in [0.2, 0.25) is 0 Å². The summed E-state index contributed by atoms with van der Waals surface area (Å²) in [6.07, 6.45) is 0. The first kappa shape index (κ1) is 17.6. The molecule has 8 heteroatoms. The lowest BCUT2D eigenvalue weighted by Gasteiger charge is -2.07. The van der Waals surface area contributed by atoms with Crippen molar-refractivity contribution in [2.75, 3.05) is 12.4 Å². The van der Waals surface area contributed by atoms with E-state index in [1.807, 2.05) is 6.07 Å². The molecule has 0 aliphatic carbocycles. The summed E-state index contributed by atoms with van der Waals surface area (Å²) in [5.74, 6) is -0.926. The maximum absolute atomic E-state index is 12.5. The fraction of sp³-hybridized carbons (Fsp3) is 0.111. The van der Waals surface area contributed by atoms with Crippen LogP contribution in [0.3, 0.4) is 0 Å². The Morgan fingerprint density at radius 2 is 1.92 bits per heavy atom. The number of ether oxygens (including phenoxy) is 1. The van der Waals surface area contributed by atoms with E-state index in [2.05, 4.69) is 20.4 Å². The van der Waals surface area contributed by atoms with Crippen LogP contribution in [-0.4, -0.2) is 34.0 Å². The van der Waals surface area contributed by atoms with Gasteiger partial charge in [0.1, 0.15) is 0 Å². The molecule has 0 saturated heterocycles. The van der Waals surface area contributed by atoms with Crippen molar-refractivity contribution in [1.29, 1.82) is 0 Å². The lowest BCUT2D eigenvalue weighted by atomic mass is 10.2. The molecule has 0 spiro atoms. The molecule has 3 rings (SSSR count). The van der Waals surface area contributed by atoms with Gasteiger partial charge >= 0.3 is 5.97 Å². The van der Waals surface area contributed by atoms with Gasteiger partial charge in [0.15, 0.2) is 5.69 Å². The highest BCUT2D eigenvalue weighted by Gasteiger charge is 2.19. The van der Waals surface area contributed by atoms with E-state index < -0.39 is 11.9 Å². The number of halogens is 1. The van der Waals surface area contributed by atoms with Crippen LogP contribution >= 0.6 is 11.6 Å². The number of anilines is 1. The second kappa shape index (κ2) is 7.37. The summed E-state index contributed by atoms with van der Waals surface area (Å²) in [6.45, 7) is 1.73. The van der Waals surface area contributed by atoms with E-state index in [-0.39, 0.29) is 5.69 Å². The highest BCUT2D eigenvalue weighted by molar-refractivity contribution is 6.32. The minimum Gasteiger partial charge on any atom is -0.465 e. The van der Waals surface area contributed by atoms with Crippen molar-refractivity contribution in [3.8, 4) is 5.69 Å². The summed E-state index contributed by atoms with van der Waals surface area (Å²) >= 11 is 6.18. The molecule has 2 aromatic carbocycles. The third kappa shape index (κ3) is 3.43. The second-order valence-electron chi connectivity index (χ2n) is 5.41. The highest BCUT2D eigenvalue weighted by atomic mass is 35.5. The van der Waals surface area contributed by atoms with Crippen molar-refractivity contribution >= 4 is 29.2 Å². The normalized spacial score (nSPS) is 10.4. The largest absolute Gasteiger partial charge is 0.465 e. The smallest absolute Gasteiger partial charge is 0.337 e. The molecule has 0 unspecified atom stereocenters. The molecular weight excluding hydrogens is 356 g/mol. The molecule has 0 atom stereocenters. The summed E-state index contributed by atoms with van der Waals surface area (Å²) in [5, 5.41) is 11.2. The number of carbonyl (C=O) groups is 2. The molecule has 1 amide bonds. The molecule has 26 heavy (non-hydrogen) atoms. The van der Waals surface area contributed by atoms with Crippen molar-refractivity contribution in [2.24, 2.45) is 0 Å². The predicted octanol–water partition coefficient (Wildman–Crippen LogP) is 3.27. The SMILES string of the molecule is COC(=O)c1cccc(NC(=O)c2nnn(-c3ccccc3Cl)c2C)c1. The van der Waals surface area contributed by atoms with Crippen molar-refractivity contribution in [1.82, 2.24) is 15.0 Å². The molecule has 3 aromatic rings. The zero-order valence-corrected chi connectivity index (χ0v) is 14.8. The number of hydrogen-bond donors (Lipinski definition) is 1. The zero-order chi connectivity index (χ0) is 18.7. The Kier molecular flexibility index (Phi) is 4.99. The second-order valence-corrected chi connectivity index (χ2v) is 5.82. The minimum atomic E-state index is -0.484. The molecule has 1 aromatic heterocycles.